The molecular formula is C17H20N2O3. The largest absolute Gasteiger partial charge is 0.459 e. The molecule has 2 rings (SSSR count). The number of carbonyl (C=O) groups excluding carboxylic acids is 2. The van der Waals surface area contributed by atoms with Gasteiger partial charge in [0.05, 0.1) is 0 Å². The van der Waals surface area contributed by atoms with Gasteiger partial charge in [0.25, 0.3) is 5.91 Å². The Morgan fingerprint density at radius 3 is 2.50 bits per heavy atom. The minimum absolute atomic E-state index is 0.127. The van der Waals surface area contributed by atoms with Crippen LogP contribution in [0.4, 0.5) is 0 Å². The minimum atomic E-state index is -0.576. The van der Waals surface area contributed by atoms with Crippen molar-refractivity contribution in [1.82, 2.24) is 4.90 Å². The second-order valence-electron chi connectivity index (χ2n) is 6.08. The molecule has 1 aromatic carbocycles. The maximum atomic E-state index is 12.4. The number of ether oxygens (including phenoxy) is 1. The number of carbonyl (C=O) groups is 2. The van der Waals surface area contributed by atoms with E-state index in [-0.39, 0.29) is 12.5 Å². The second-order valence-corrected chi connectivity index (χ2v) is 6.08. The summed E-state index contributed by atoms with van der Waals surface area (Å²) in [4.78, 5) is 29.8. The van der Waals surface area contributed by atoms with Gasteiger partial charge < -0.3 is 4.74 Å². The number of esters is 1. The highest BCUT2D eigenvalue weighted by Gasteiger charge is 2.30. The first-order chi connectivity index (χ1) is 10.3. The average Bonchev–Trinajstić information content (AvgIpc) is 2.66. The van der Waals surface area contributed by atoms with Gasteiger partial charge in [0.15, 0.2) is 0 Å². The summed E-state index contributed by atoms with van der Waals surface area (Å²) < 4.78 is 5.24. The number of aliphatic imine (C=N–C) groups is 1. The van der Waals surface area contributed by atoms with E-state index < -0.39 is 11.6 Å². The zero-order valence-corrected chi connectivity index (χ0v) is 13.3. The van der Waals surface area contributed by atoms with Gasteiger partial charge in [-0.15, -0.1) is 0 Å². The van der Waals surface area contributed by atoms with E-state index in [1.165, 1.54) is 4.90 Å². The van der Waals surface area contributed by atoms with Crippen LogP contribution in [-0.4, -0.2) is 34.8 Å². The molecule has 116 valence electrons. The molecule has 0 saturated carbocycles. The molecule has 22 heavy (non-hydrogen) atoms. The molecule has 0 atom stereocenters. The fourth-order valence-corrected chi connectivity index (χ4v) is 2.06. The van der Waals surface area contributed by atoms with Gasteiger partial charge in [-0.1, -0.05) is 30.3 Å². The Hall–Kier alpha value is -2.43. The molecule has 1 aromatic rings. The van der Waals surface area contributed by atoms with Crippen LogP contribution in [0.3, 0.4) is 0 Å². The lowest BCUT2D eigenvalue weighted by molar-refractivity contribution is -0.156. The Morgan fingerprint density at radius 2 is 1.91 bits per heavy atom. The van der Waals surface area contributed by atoms with E-state index >= 15 is 0 Å². The predicted molar refractivity (Wildman–Crippen MR) is 85.1 cm³/mol. The monoisotopic (exact) mass is 300 g/mol. The third-order valence-corrected chi connectivity index (χ3v) is 2.95. The summed E-state index contributed by atoms with van der Waals surface area (Å²) in [5.74, 6) is -0.235. The van der Waals surface area contributed by atoms with E-state index in [1.807, 2.05) is 30.3 Å². The van der Waals surface area contributed by atoms with Crippen molar-refractivity contribution in [2.75, 3.05) is 6.54 Å². The first-order valence-corrected chi connectivity index (χ1v) is 7.12. The molecule has 1 amide bonds. The van der Waals surface area contributed by atoms with Crippen LogP contribution in [0.25, 0.3) is 6.08 Å². The molecular weight excluding hydrogens is 280 g/mol. The lowest BCUT2D eigenvalue weighted by Crippen LogP contribution is -2.38. The molecule has 5 heteroatoms. The van der Waals surface area contributed by atoms with Crippen LogP contribution in [0.2, 0.25) is 0 Å². The maximum Gasteiger partial charge on any atom is 0.326 e. The Balaban J connectivity index is 2.11. The van der Waals surface area contributed by atoms with E-state index in [9.17, 15) is 9.59 Å². The van der Waals surface area contributed by atoms with Crippen molar-refractivity contribution in [3.8, 4) is 0 Å². The zero-order valence-electron chi connectivity index (χ0n) is 13.3. The van der Waals surface area contributed by atoms with Crippen LogP contribution in [0.15, 0.2) is 41.0 Å². The van der Waals surface area contributed by atoms with E-state index in [0.29, 0.717) is 11.5 Å². The summed E-state index contributed by atoms with van der Waals surface area (Å²) in [6.07, 6.45) is 1.71. The molecule has 0 aromatic heterocycles. The van der Waals surface area contributed by atoms with Crippen LogP contribution in [-0.2, 0) is 14.3 Å². The Kier molecular flexibility index (Phi) is 4.45. The minimum Gasteiger partial charge on any atom is -0.459 e. The first-order valence-electron chi connectivity index (χ1n) is 7.12. The fraction of sp³-hybridized carbons (Fsp3) is 0.353. The van der Waals surface area contributed by atoms with Crippen molar-refractivity contribution < 1.29 is 14.3 Å². The second kappa shape index (κ2) is 6.13. The van der Waals surface area contributed by atoms with Crippen LogP contribution in [0.1, 0.15) is 33.3 Å². The van der Waals surface area contributed by atoms with Crippen molar-refractivity contribution >= 4 is 23.8 Å². The van der Waals surface area contributed by atoms with Gasteiger partial charge in [0, 0.05) is 0 Å². The lowest BCUT2D eigenvalue weighted by atomic mass is 10.2. The van der Waals surface area contributed by atoms with Gasteiger partial charge in [-0.3, -0.25) is 14.5 Å². The molecule has 0 spiro atoms. The topological polar surface area (TPSA) is 59.0 Å². The number of benzene rings is 1. The number of hydrogen-bond donors (Lipinski definition) is 0. The summed E-state index contributed by atoms with van der Waals surface area (Å²) in [5, 5.41) is 0. The number of rotatable bonds is 3. The summed E-state index contributed by atoms with van der Waals surface area (Å²) in [6, 6.07) is 9.47. The fourth-order valence-electron chi connectivity index (χ4n) is 2.06. The highest BCUT2D eigenvalue weighted by Crippen LogP contribution is 2.18. The standard InChI is InChI=1S/C17H20N2O3/c1-12-18-14(10-13-8-6-5-7-9-13)16(21)19(12)11-15(20)22-17(2,3)4/h5-10H,11H2,1-4H3. The molecule has 1 heterocycles. The van der Waals surface area contributed by atoms with Crippen LogP contribution < -0.4 is 0 Å². The molecule has 0 radical (unpaired) electrons. The molecule has 0 N–H and O–H groups in total. The summed E-state index contributed by atoms with van der Waals surface area (Å²) in [6.45, 7) is 6.95. The normalized spacial score (nSPS) is 16.9. The molecule has 0 bridgehead atoms. The number of amidine groups is 1. The van der Waals surface area contributed by atoms with Crippen LogP contribution in [0.5, 0.6) is 0 Å². The van der Waals surface area contributed by atoms with E-state index in [0.717, 1.165) is 5.56 Å². The van der Waals surface area contributed by atoms with E-state index in [2.05, 4.69) is 4.99 Å². The van der Waals surface area contributed by atoms with Gasteiger partial charge in [-0.2, -0.15) is 0 Å². The van der Waals surface area contributed by atoms with E-state index in [1.54, 1.807) is 33.8 Å². The summed E-state index contributed by atoms with van der Waals surface area (Å²) >= 11 is 0. The van der Waals surface area contributed by atoms with Crippen molar-refractivity contribution in [2.45, 2.75) is 33.3 Å². The van der Waals surface area contributed by atoms with Crippen molar-refractivity contribution in [2.24, 2.45) is 4.99 Å². The lowest BCUT2D eigenvalue weighted by Gasteiger charge is -2.22. The quantitative estimate of drug-likeness (QED) is 0.637. The van der Waals surface area contributed by atoms with Crippen LogP contribution in [0, 0.1) is 0 Å². The van der Waals surface area contributed by atoms with Gasteiger partial charge in [-0.05, 0) is 39.3 Å². The smallest absolute Gasteiger partial charge is 0.326 e. The predicted octanol–water partition coefficient (Wildman–Crippen LogP) is 2.63. The van der Waals surface area contributed by atoms with Crippen molar-refractivity contribution in [3.05, 3.63) is 41.6 Å². The third-order valence-electron chi connectivity index (χ3n) is 2.95. The molecule has 1 aliphatic heterocycles. The molecule has 1 aliphatic rings. The average molecular weight is 300 g/mol. The molecule has 0 unspecified atom stereocenters. The zero-order chi connectivity index (χ0) is 16.3. The maximum absolute atomic E-state index is 12.4. The highest BCUT2D eigenvalue weighted by molar-refractivity contribution is 6.14. The SMILES string of the molecule is CC1=NC(=Cc2ccccc2)C(=O)N1CC(=O)OC(C)(C)C. The Bertz CT molecular complexity index is 640. The van der Waals surface area contributed by atoms with Gasteiger partial charge in [-0.25, -0.2) is 4.99 Å². The summed E-state index contributed by atoms with van der Waals surface area (Å²) in [7, 11) is 0. The number of hydrogen-bond acceptors (Lipinski definition) is 4. The van der Waals surface area contributed by atoms with Crippen molar-refractivity contribution in [3.63, 3.8) is 0 Å². The molecule has 0 aliphatic carbocycles. The van der Waals surface area contributed by atoms with Crippen molar-refractivity contribution in [1.29, 1.82) is 0 Å². The Labute approximate surface area is 130 Å². The van der Waals surface area contributed by atoms with Gasteiger partial charge in [0.2, 0.25) is 0 Å². The van der Waals surface area contributed by atoms with Gasteiger partial charge >= 0.3 is 5.97 Å². The number of nitrogens with zero attached hydrogens (tertiary/aromatic N) is 2. The number of amides is 1. The third kappa shape index (κ3) is 4.04. The summed E-state index contributed by atoms with van der Waals surface area (Å²) in [5.41, 5.74) is 0.641. The van der Waals surface area contributed by atoms with Crippen LogP contribution >= 0.6 is 0 Å². The molecule has 0 saturated heterocycles. The Morgan fingerprint density at radius 1 is 1.27 bits per heavy atom. The first kappa shape index (κ1) is 15.9. The highest BCUT2D eigenvalue weighted by atomic mass is 16.6. The van der Waals surface area contributed by atoms with Gasteiger partial charge in [0.1, 0.15) is 23.7 Å². The molecule has 5 nitrogen and oxygen atoms in total. The molecule has 0 fully saturated rings. The van der Waals surface area contributed by atoms with E-state index in [4.69, 9.17) is 4.74 Å².